The van der Waals surface area contributed by atoms with E-state index in [1.54, 1.807) is 23.3 Å². The van der Waals surface area contributed by atoms with Crippen molar-refractivity contribution < 1.29 is 14.3 Å². The van der Waals surface area contributed by atoms with E-state index in [1.165, 1.54) is 18.2 Å². The van der Waals surface area contributed by atoms with Gasteiger partial charge in [0.05, 0.1) is 40.2 Å². The number of aliphatic hydroxyl groups excluding tert-OH is 1. The molecule has 2 atom stereocenters. The standard InChI is InChI=1S/C29H24ClFN8O2/c1-38-14-18(13-35-38)23-9-19-26(17(10-32)12-34-28(19)36-23)16-5-6-25(33-11-16)39-8-7-22(24(40)15-39)37-29(41)27-20(30)3-2-4-21(27)31/h2-6,9,11-14,22,24,40H,7-8,15H2,1H3,(H,34,36)(H,37,41)/t22-,24+/m0/s1. The first kappa shape index (κ1) is 26.4. The van der Waals surface area contributed by atoms with Gasteiger partial charge in [0, 0.05) is 60.8 Å². The number of anilines is 1. The number of carbonyl (C=O) groups is 1. The number of pyridine rings is 2. The number of fused-ring (bicyclic) bond motifs is 1. The van der Waals surface area contributed by atoms with E-state index in [0.717, 1.165) is 27.8 Å². The first-order valence-electron chi connectivity index (χ1n) is 12.9. The Hall–Kier alpha value is -4.79. The molecule has 0 unspecified atom stereocenters. The maximum atomic E-state index is 14.2. The van der Waals surface area contributed by atoms with Crippen LogP contribution in [0.25, 0.3) is 33.4 Å². The normalized spacial score (nSPS) is 17.0. The molecule has 4 aromatic heterocycles. The van der Waals surface area contributed by atoms with Crippen LogP contribution >= 0.6 is 11.6 Å². The van der Waals surface area contributed by atoms with Gasteiger partial charge in [0.25, 0.3) is 5.91 Å². The Labute approximate surface area is 239 Å². The number of nitrogens with one attached hydrogen (secondary N) is 2. The maximum absolute atomic E-state index is 14.2. The Balaban J connectivity index is 1.20. The van der Waals surface area contributed by atoms with Gasteiger partial charge in [-0.2, -0.15) is 10.4 Å². The van der Waals surface area contributed by atoms with Crippen molar-refractivity contribution >= 4 is 34.4 Å². The van der Waals surface area contributed by atoms with Crippen LogP contribution in [-0.4, -0.2) is 61.0 Å². The van der Waals surface area contributed by atoms with Crippen LogP contribution in [0.2, 0.25) is 5.02 Å². The Morgan fingerprint density at radius 3 is 2.76 bits per heavy atom. The molecule has 5 heterocycles. The zero-order chi connectivity index (χ0) is 28.7. The van der Waals surface area contributed by atoms with Crippen molar-refractivity contribution in [2.75, 3.05) is 18.0 Å². The van der Waals surface area contributed by atoms with Gasteiger partial charge in [-0.25, -0.2) is 14.4 Å². The second-order valence-electron chi connectivity index (χ2n) is 9.89. The van der Waals surface area contributed by atoms with E-state index in [-0.39, 0.29) is 17.1 Å². The molecule has 41 heavy (non-hydrogen) atoms. The van der Waals surface area contributed by atoms with Crippen molar-refractivity contribution in [2.45, 2.75) is 18.6 Å². The van der Waals surface area contributed by atoms with Crippen molar-refractivity contribution in [2.24, 2.45) is 7.05 Å². The summed E-state index contributed by atoms with van der Waals surface area (Å²) in [6.07, 6.45) is 6.40. The lowest BCUT2D eigenvalue weighted by molar-refractivity contribution is 0.0794. The van der Waals surface area contributed by atoms with Gasteiger partial charge in [-0.05, 0) is 36.8 Å². The zero-order valence-electron chi connectivity index (χ0n) is 21.8. The number of nitriles is 1. The average Bonchev–Trinajstić information content (AvgIpc) is 3.60. The zero-order valence-corrected chi connectivity index (χ0v) is 22.6. The number of rotatable bonds is 5. The Morgan fingerprint density at radius 1 is 1.22 bits per heavy atom. The summed E-state index contributed by atoms with van der Waals surface area (Å²) in [5.74, 6) is -0.740. The van der Waals surface area contributed by atoms with Crippen LogP contribution < -0.4 is 10.2 Å². The molecule has 0 aliphatic carbocycles. The molecule has 1 fully saturated rings. The number of halogens is 2. The van der Waals surface area contributed by atoms with Crippen LogP contribution in [-0.2, 0) is 7.05 Å². The third kappa shape index (κ3) is 4.99. The molecule has 1 aliphatic rings. The number of β-amino-alcohol motifs (C(OH)–C–C–N with tert-alkyl or cyclic N) is 1. The number of hydrogen-bond acceptors (Lipinski definition) is 7. The molecule has 1 aliphatic heterocycles. The number of H-pyrrole nitrogens is 1. The lowest BCUT2D eigenvalue weighted by Crippen LogP contribution is -2.54. The van der Waals surface area contributed by atoms with Gasteiger partial charge < -0.3 is 20.3 Å². The van der Waals surface area contributed by atoms with Crippen molar-refractivity contribution in [1.29, 1.82) is 5.26 Å². The lowest BCUT2D eigenvalue weighted by Gasteiger charge is -2.37. The minimum absolute atomic E-state index is 0.0117. The fourth-order valence-electron chi connectivity index (χ4n) is 5.17. The molecule has 5 aromatic rings. The number of aliphatic hydroxyl groups is 1. The molecule has 12 heteroatoms. The smallest absolute Gasteiger partial charge is 0.256 e. The summed E-state index contributed by atoms with van der Waals surface area (Å²) < 4.78 is 15.9. The minimum Gasteiger partial charge on any atom is -0.389 e. The first-order chi connectivity index (χ1) is 19.8. The summed E-state index contributed by atoms with van der Waals surface area (Å²) in [6, 6.07) is 11.4. The summed E-state index contributed by atoms with van der Waals surface area (Å²) in [5, 5.41) is 28.3. The number of benzene rings is 1. The predicted molar refractivity (Wildman–Crippen MR) is 152 cm³/mol. The molecule has 0 spiro atoms. The second kappa shape index (κ2) is 10.6. The molecule has 6 rings (SSSR count). The summed E-state index contributed by atoms with van der Waals surface area (Å²) >= 11 is 6.01. The number of aromatic amines is 1. The number of hydrogen-bond donors (Lipinski definition) is 3. The van der Waals surface area contributed by atoms with Crippen molar-refractivity contribution in [3.63, 3.8) is 0 Å². The van der Waals surface area contributed by atoms with Crippen molar-refractivity contribution in [3.05, 3.63) is 83.2 Å². The molecule has 0 radical (unpaired) electrons. The fraction of sp³-hybridized carbons (Fsp3) is 0.207. The van der Waals surface area contributed by atoms with Gasteiger partial charge in [0.2, 0.25) is 0 Å². The average molecular weight is 571 g/mol. The summed E-state index contributed by atoms with van der Waals surface area (Å²) in [4.78, 5) is 26.9. The highest BCUT2D eigenvalue weighted by Gasteiger charge is 2.31. The highest BCUT2D eigenvalue weighted by Crippen LogP contribution is 2.34. The minimum atomic E-state index is -0.907. The lowest BCUT2D eigenvalue weighted by atomic mass is 9.99. The van der Waals surface area contributed by atoms with Crippen molar-refractivity contribution in [1.82, 2.24) is 30.0 Å². The summed E-state index contributed by atoms with van der Waals surface area (Å²) in [6.45, 7) is 0.728. The van der Waals surface area contributed by atoms with Gasteiger partial charge in [0.1, 0.15) is 23.4 Å². The molecular formula is C29H24ClFN8O2. The van der Waals surface area contributed by atoms with Crippen LogP contribution in [0.1, 0.15) is 22.3 Å². The van der Waals surface area contributed by atoms with Crippen LogP contribution in [0.3, 0.4) is 0 Å². The molecule has 3 N–H and O–H groups in total. The Bertz CT molecular complexity index is 1790. The van der Waals surface area contributed by atoms with E-state index < -0.39 is 23.9 Å². The number of aryl methyl sites for hydroxylation is 1. The van der Waals surface area contributed by atoms with Crippen LogP contribution in [0.4, 0.5) is 10.2 Å². The van der Waals surface area contributed by atoms with E-state index in [2.05, 4.69) is 31.4 Å². The quantitative estimate of drug-likeness (QED) is 0.290. The third-order valence-electron chi connectivity index (χ3n) is 7.24. The number of piperidine rings is 1. The highest BCUT2D eigenvalue weighted by atomic mass is 35.5. The number of aromatic nitrogens is 5. The monoisotopic (exact) mass is 570 g/mol. The molecule has 1 saturated heterocycles. The van der Waals surface area contributed by atoms with E-state index in [4.69, 9.17) is 11.6 Å². The van der Waals surface area contributed by atoms with Crippen LogP contribution in [0, 0.1) is 17.1 Å². The molecule has 10 nitrogen and oxygen atoms in total. The molecule has 0 bridgehead atoms. The SMILES string of the molecule is Cn1cc(-c2cc3c(-c4ccc(N5CC[C@H](NC(=O)c6c(F)cccc6Cl)[C@H](O)C5)nc4)c(C#N)cnc3[nH]2)cn1. The van der Waals surface area contributed by atoms with E-state index in [9.17, 15) is 19.6 Å². The van der Waals surface area contributed by atoms with Gasteiger partial charge in [-0.1, -0.05) is 17.7 Å². The van der Waals surface area contributed by atoms with Crippen LogP contribution in [0.15, 0.2) is 61.2 Å². The first-order valence-corrected chi connectivity index (χ1v) is 13.3. The summed E-state index contributed by atoms with van der Waals surface area (Å²) in [5.41, 5.74) is 4.03. The topological polar surface area (TPSA) is 136 Å². The molecular weight excluding hydrogens is 547 g/mol. The summed E-state index contributed by atoms with van der Waals surface area (Å²) in [7, 11) is 1.84. The number of nitrogens with zero attached hydrogens (tertiary/aromatic N) is 6. The second-order valence-corrected chi connectivity index (χ2v) is 10.3. The van der Waals surface area contributed by atoms with Gasteiger partial charge >= 0.3 is 0 Å². The van der Waals surface area contributed by atoms with E-state index in [1.807, 2.05) is 36.3 Å². The van der Waals surface area contributed by atoms with Gasteiger partial charge in [-0.3, -0.25) is 9.48 Å². The van der Waals surface area contributed by atoms with Crippen LogP contribution in [0.5, 0.6) is 0 Å². The van der Waals surface area contributed by atoms with Gasteiger partial charge in [-0.15, -0.1) is 0 Å². The third-order valence-corrected chi connectivity index (χ3v) is 7.56. The van der Waals surface area contributed by atoms with E-state index >= 15 is 0 Å². The van der Waals surface area contributed by atoms with Gasteiger partial charge in [0.15, 0.2) is 0 Å². The number of amides is 1. The van der Waals surface area contributed by atoms with E-state index in [0.29, 0.717) is 30.0 Å². The molecule has 206 valence electrons. The van der Waals surface area contributed by atoms with Crippen molar-refractivity contribution in [3.8, 4) is 28.5 Å². The molecule has 1 amide bonds. The predicted octanol–water partition coefficient (Wildman–Crippen LogP) is 4.06. The maximum Gasteiger partial charge on any atom is 0.256 e. The largest absolute Gasteiger partial charge is 0.389 e. The molecule has 0 saturated carbocycles. The number of carbonyl (C=O) groups excluding carboxylic acids is 1. The Morgan fingerprint density at radius 2 is 2.07 bits per heavy atom. The molecule has 1 aromatic carbocycles. The fourth-order valence-corrected chi connectivity index (χ4v) is 5.42. The Kier molecular flexibility index (Phi) is 6.86. The highest BCUT2D eigenvalue weighted by molar-refractivity contribution is 6.33.